The van der Waals surface area contributed by atoms with Crippen LogP contribution < -0.4 is 10.9 Å². The zero-order valence-electron chi connectivity index (χ0n) is 14.6. The van der Waals surface area contributed by atoms with E-state index >= 15 is 0 Å². The molecule has 0 atom stereocenters. The van der Waals surface area contributed by atoms with Crippen molar-refractivity contribution in [2.45, 2.75) is 13.3 Å². The van der Waals surface area contributed by atoms with Gasteiger partial charge >= 0.3 is 0 Å². The summed E-state index contributed by atoms with van der Waals surface area (Å²) in [5.74, 6) is 0.0659. The van der Waals surface area contributed by atoms with E-state index in [0.29, 0.717) is 12.4 Å². The highest BCUT2D eigenvalue weighted by Crippen LogP contribution is 2.20. The quantitative estimate of drug-likeness (QED) is 0.517. The predicted octanol–water partition coefficient (Wildman–Crippen LogP) is 3.06. The molecule has 134 valence electrons. The van der Waals surface area contributed by atoms with Crippen LogP contribution in [0.3, 0.4) is 0 Å². The van der Waals surface area contributed by atoms with Crippen LogP contribution in [0.1, 0.15) is 16.8 Å². The van der Waals surface area contributed by atoms with E-state index in [1.165, 1.54) is 0 Å². The summed E-state index contributed by atoms with van der Waals surface area (Å²) in [6.45, 7) is 1.88. The van der Waals surface area contributed by atoms with Gasteiger partial charge in [-0.3, -0.25) is 15.1 Å². The molecule has 27 heavy (non-hydrogen) atoms. The van der Waals surface area contributed by atoms with Crippen LogP contribution in [0.25, 0.3) is 10.9 Å². The highest BCUT2D eigenvalue weighted by molar-refractivity contribution is 5.81. The Labute approximate surface area is 154 Å². The topological polar surface area (TPSA) is 104 Å². The molecule has 0 saturated heterocycles. The lowest BCUT2D eigenvalue weighted by molar-refractivity contribution is 0.445. The van der Waals surface area contributed by atoms with Gasteiger partial charge in [0.05, 0.1) is 16.8 Å². The molecule has 0 aliphatic heterocycles. The maximum atomic E-state index is 12.4. The molecule has 3 N–H and O–H groups in total. The predicted molar refractivity (Wildman–Crippen MR) is 103 cm³/mol. The number of H-pyrrole nitrogens is 1. The fourth-order valence-electron chi connectivity index (χ4n) is 2.90. The van der Waals surface area contributed by atoms with Crippen molar-refractivity contribution >= 4 is 22.8 Å². The molecule has 0 aliphatic carbocycles. The van der Waals surface area contributed by atoms with Crippen LogP contribution in [0.2, 0.25) is 0 Å². The summed E-state index contributed by atoms with van der Waals surface area (Å²) in [5.41, 5.74) is 2.29. The van der Waals surface area contributed by atoms with Gasteiger partial charge in [-0.05, 0) is 18.6 Å². The number of nitrogens with one attached hydrogen (secondary N) is 2. The van der Waals surface area contributed by atoms with Gasteiger partial charge in [-0.2, -0.15) is 4.98 Å². The number of hydrogen-bond acceptors (Lipinski definition) is 6. The van der Waals surface area contributed by atoms with Gasteiger partial charge in [0.15, 0.2) is 0 Å². The molecule has 2 aromatic heterocycles. The van der Waals surface area contributed by atoms with Crippen molar-refractivity contribution in [1.29, 1.82) is 0 Å². The molecule has 0 unspecified atom stereocenters. The van der Waals surface area contributed by atoms with Crippen molar-refractivity contribution in [3.05, 3.63) is 81.8 Å². The number of aromatic nitrogens is 4. The van der Waals surface area contributed by atoms with Crippen molar-refractivity contribution in [3.63, 3.8) is 0 Å². The largest absolute Gasteiger partial charge is 0.493 e. The molecule has 0 bridgehead atoms. The van der Waals surface area contributed by atoms with E-state index in [0.717, 1.165) is 22.2 Å². The minimum atomic E-state index is -0.411. The maximum absolute atomic E-state index is 12.4. The van der Waals surface area contributed by atoms with E-state index in [2.05, 4.69) is 25.3 Å². The molecule has 0 radical (unpaired) electrons. The molecule has 0 spiro atoms. The van der Waals surface area contributed by atoms with Gasteiger partial charge in [0.25, 0.3) is 5.56 Å². The first-order valence-electron chi connectivity index (χ1n) is 8.46. The first kappa shape index (κ1) is 16.7. The summed E-state index contributed by atoms with van der Waals surface area (Å²) in [5, 5.41) is 14.0. The number of para-hydroxylation sites is 1. The minimum absolute atomic E-state index is 0.0870. The molecule has 0 aliphatic rings. The highest BCUT2D eigenvalue weighted by atomic mass is 16.3. The molecule has 0 fully saturated rings. The molecule has 0 amide bonds. The zero-order chi connectivity index (χ0) is 18.8. The van der Waals surface area contributed by atoms with Crippen LogP contribution in [0.15, 0.2) is 59.4 Å². The number of anilines is 2. The van der Waals surface area contributed by atoms with Gasteiger partial charge in [-0.15, -0.1) is 0 Å². The first-order chi connectivity index (χ1) is 13.1. The number of hydrogen-bond donors (Lipinski definition) is 3. The average molecular weight is 359 g/mol. The Balaban J connectivity index is 1.65. The Morgan fingerprint density at radius 3 is 2.52 bits per heavy atom. The second kappa shape index (κ2) is 6.87. The van der Waals surface area contributed by atoms with Gasteiger partial charge in [-0.1, -0.05) is 48.5 Å². The summed E-state index contributed by atoms with van der Waals surface area (Å²) in [6, 6.07) is 17.1. The van der Waals surface area contributed by atoms with Crippen LogP contribution in [0.5, 0.6) is 5.88 Å². The minimum Gasteiger partial charge on any atom is -0.493 e. The number of aryl methyl sites for hydroxylation is 1. The smallest absolute Gasteiger partial charge is 0.259 e. The monoisotopic (exact) mass is 359 g/mol. The van der Waals surface area contributed by atoms with Crippen LogP contribution >= 0.6 is 0 Å². The first-order valence-corrected chi connectivity index (χ1v) is 8.46. The number of benzene rings is 2. The van der Waals surface area contributed by atoms with Crippen molar-refractivity contribution in [1.82, 2.24) is 19.9 Å². The Hall–Kier alpha value is -3.74. The molecular formula is C20H17N5O2. The van der Waals surface area contributed by atoms with Crippen molar-refractivity contribution in [2.75, 3.05) is 5.32 Å². The molecule has 2 aromatic carbocycles. The number of aromatic amines is 1. The highest BCUT2D eigenvalue weighted by Gasteiger charge is 2.13. The maximum Gasteiger partial charge on any atom is 0.259 e. The molecule has 0 saturated carbocycles. The van der Waals surface area contributed by atoms with Crippen LogP contribution in [-0.2, 0) is 6.42 Å². The molecule has 7 nitrogen and oxygen atoms in total. The SMILES string of the molecule is Cc1nc(Nc2nc(O)c(Cc3ccccc3)c(=O)[nH]2)nc2ccccc12. The van der Waals surface area contributed by atoms with E-state index in [-0.39, 0.29) is 17.4 Å². The molecule has 4 aromatic rings. The fourth-order valence-corrected chi connectivity index (χ4v) is 2.90. The Morgan fingerprint density at radius 2 is 1.74 bits per heavy atom. The third-order valence-corrected chi connectivity index (χ3v) is 4.24. The van der Waals surface area contributed by atoms with E-state index in [1.54, 1.807) is 0 Å². The molecule has 4 rings (SSSR count). The lowest BCUT2D eigenvalue weighted by Gasteiger charge is -2.09. The summed E-state index contributed by atoms with van der Waals surface area (Å²) < 4.78 is 0. The van der Waals surface area contributed by atoms with Gasteiger partial charge in [0, 0.05) is 11.8 Å². The Morgan fingerprint density at radius 1 is 1.00 bits per heavy atom. The lowest BCUT2D eigenvalue weighted by atomic mass is 10.1. The summed E-state index contributed by atoms with van der Waals surface area (Å²) in [7, 11) is 0. The number of rotatable bonds is 4. The summed E-state index contributed by atoms with van der Waals surface area (Å²) in [4.78, 5) is 27.9. The van der Waals surface area contributed by atoms with E-state index < -0.39 is 5.56 Å². The Bertz CT molecular complexity index is 1170. The fraction of sp³-hybridized carbons (Fsp3) is 0.100. The van der Waals surface area contributed by atoms with Crippen molar-refractivity contribution in [2.24, 2.45) is 0 Å². The molecular weight excluding hydrogens is 342 g/mol. The second-order valence-corrected chi connectivity index (χ2v) is 6.15. The van der Waals surface area contributed by atoms with Crippen molar-refractivity contribution < 1.29 is 5.11 Å². The van der Waals surface area contributed by atoms with E-state index in [4.69, 9.17) is 0 Å². The van der Waals surface area contributed by atoms with Gasteiger partial charge in [0.1, 0.15) is 0 Å². The number of nitrogens with zero attached hydrogens (tertiary/aromatic N) is 3. The van der Waals surface area contributed by atoms with E-state index in [9.17, 15) is 9.90 Å². The second-order valence-electron chi connectivity index (χ2n) is 6.15. The third-order valence-electron chi connectivity index (χ3n) is 4.24. The zero-order valence-corrected chi connectivity index (χ0v) is 14.6. The number of fused-ring (bicyclic) bond motifs is 1. The van der Waals surface area contributed by atoms with Gasteiger partial charge in [0.2, 0.25) is 17.8 Å². The Kier molecular flexibility index (Phi) is 4.25. The number of aromatic hydroxyl groups is 1. The average Bonchev–Trinajstić information content (AvgIpc) is 2.66. The van der Waals surface area contributed by atoms with Crippen molar-refractivity contribution in [3.8, 4) is 5.88 Å². The molecule has 7 heteroatoms. The van der Waals surface area contributed by atoms with Crippen LogP contribution in [-0.4, -0.2) is 25.0 Å². The van der Waals surface area contributed by atoms with Gasteiger partial charge < -0.3 is 5.11 Å². The van der Waals surface area contributed by atoms with Crippen LogP contribution in [0, 0.1) is 6.92 Å². The normalized spacial score (nSPS) is 10.9. The van der Waals surface area contributed by atoms with Gasteiger partial charge in [-0.25, -0.2) is 9.97 Å². The summed E-state index contributed by atoms with van der Waals surface area (Å²) >= 11 is 0. The molecule has 2 heterocycles. The van der Waals surface area contributed by atoms with Crippen LogP contribution in [0.4, 0.5) is 11.9 Å². The lowest BCUT2D eigenvalue weighted by Crippen LogP contribution is -2.17. The summed E-state index contributed by atoms with van der Waals surface area (Å²) in [6.07, 6.45) is 0.293. The standard InChI is InChI=1S/C20H17N5O2/c1-12-14-9-5-6-10-16(14)22-19(21-12)25-20-23-17(26)15(18(27)24-20)11-13-7-3-2-4-8-13/h2-10H,11H2,1H3,(H3,21,22,23,24,25,26,27). The third kappa shape index (κ3) is 3.48. The van der Waals surface area contributed by atoms with E-state index in [1.807, 2.05) is 61.5 Å².